The van der Waals surface area contributed by atoms with Gasteiger partial charge in [-0.25, -0.2) is 24.0 Å². The van der Waals surface area contributed by atoms with Gasteiger partial charge >= 0.3 is 30.2 Å². The maximum Gasteiger partial charge on any atom is 0.324 e. The third-order valence-corrected chi connectivity index (χ3v) is 21.5. The van der Waals surface area contributed by atoms with Crippen molar-refractivity contribution in [3.05, 3.63) is 370 Å². The van der Waals surface area contributed by atoms with Crippen LogP contribution < -0.4 is 63.8 Å². The smallest absolute Gasteiger partial charge is 0.324 e. The van der Waals surface area contributed by atoms with E-state index in [1.54, 1.807) is 91.0 Å². The van der Waals surface area contributed by atoms with Crippen molar-refractivity contribution in [3.63, 3.8) is 0 Å². The van der Waals surface area contributed by atoms with Gasteiger partial charge in [-0.3, -0.25) is 36.2 Å². The lowest BCUT2D eigenvalue weighted by Crippen LogP contribution is -2.19. The van der Waals surface area contributed by atoms with E-state index in [2.05, 4.69) is 145 Å². The third-order valence-electron chi connectivity index (χ3n) is 21.1. The predicted molar refractivity (Wildman–Crippen MR) is 562 cm³/mol. The second-order valence-corrected chi connectivity index (χ2v) is 38.8. The molecular formula is C111H122ClN17O12. The fourth-order valence-corrected chi connectivity index (χ4v) is 13.3. The minimum Gasteiger partial charge on any atom is -0.359 e. The van der Waals surface area contributed by atoms with E-state index in [1.165, 1.54) is 33.9 Å². The van der Waals surface area contributed by atoms with Crippen molar-refractivity contribution in [1.82, 2.24) is 25.8 Å². The highest BCUT2D eigenvalue weighted by atomic mass is 35.5. The van der Waals surface area contributed by atoms with Crippen molar-refractivity contribution in [2.45, 2.75) is 176 Å². The van der Waals surface area contributed by atoms with Crippen LogP contribution in [0.1, 0.15) is 178 Å². The Balaban J connectivity index is 0.000000169. The fourth-order valence-electron chi connectivity index (χ4n) is 13.1. The SMILES string of the molecule is CC(C)(C)c1cc(NC(=O)Nc2ccc(-c3ccccc3)cc2)no1.CC(C)(C)c1cc(NC(=O)Nc2ccc(CCc3ccccc3)cc2)no1.CC(C)(C)c1cc(NC(=O)Nc2ccc(NC(=O)/C=C/c3ccccc3Cl)cc2)no1.CC(C)(C)c1cc(NC(=O)Nc2ccc(NC(=O)CCc3ccccc3)cc2)no1.Cc1ccc(CCc2ccc(NC(=O)Nc3cc(C(C)(C)C)on3)cc2)cc1. The Bertz CT molecular complexity index is 6590. The Labute approximate surface area is 827 Å². The number of carbonyl (C=O) groups excluding carboxylic acids is 7. The summed E-state index contributed by atoms with van der Waals surface area (Å²) in [5, 5.41) is 52.7. The van der Waals surface area contributed by atoms with Crippen molar-refractivity contribution >= 4 is 129 Å². The number of nitrogens with one attached hydrogen (secondary N) is 12. The summed E-state index contributed by atoms with van der Waals surface area (Å²) in [6, 6.07) is 90.0. The molecule has 0 saturated carbocycles. The topological polar surface area (TPSA) is 394 Å². The summed E-state index contributed by atoms with van der Waals surface area (Å²) in [5.41, 5.74) is 14.2. The van der Waals surface area contributed by atoms with Crippen molar-refractivity contribution in [3.8, 4) is 11.1 Å². The molecule has 12 amide bonds. The molecule has 0 aliphatic rings. The summed E-state index contributed by atoms with van der Waals surface area (Å²) in [7, 11) is 0. The van der Waals surface area contributed by atoms with Gasteiger partial charge in [0.15, 0.2) is 29.1 Å². The van der Waals surface area contributed by atoms with E-state index in [1.807, 2.05) is 262 Å². The summed E-state index contributed by atoms with van der Waals surface area (Å²) in [6.45, 7) is 32.3. The van der Waals surface area contributed by atoms with E-state index in [4.69, 9.17) is 34.2 Å². The third kappa shape index (κ3) is 35.9. The van der Waals surface area contributed by atoms with Crippen LogP contribution in [-0.2, 0) is 68.8 Å². The van der Waals surface area contributed by atoms with Crippen LogP contribution in [0.2, 0.25) is 5.02 Å². The van der Waals surface area contributed by atoms with E-state index in [0.29, 0.717) is 86.9 Å². The number of nitrogens with zero attached hydrogens (tertiary/aromatic N) is 5. The first-order valence-corrected chi connectivity index (χ1v) is 46.5. The number of benzene rings is 10. The summed E-state index contributed by atoms with van der Waals surface area (Å²) in [4.78, 5) is 84.9. The molecule has 0 radical (unpaired) electrons. The molecule has 0 bridgehead atoms. The molecule has 0 aliphatic heterocycles. The van der Waals surface area contributed by atoms with Crippen LogP contribution in [0.3, 0.4) is 0 Å². The molecule has 5 aromatic heterocycles. The van der Waals surface area contributed by atoms with Crippen LogP contribution in [0.15, 0.2) is 320 Å². The Morgan fingerprint density at radius 2 is 0.511 bits per heavy atom. The van der Waals surface area contributed by atoms with Crippen molar-refractivity contribution in [2.75, 3.05) is 63.8 Å². The van der Waals surface area contributed by atoms with Crippen molar-refractivity contribution in [1.29, 1.82) is 0 Å². The largest absolute Gasteiger partial charge is 0.359 e. The van der Waals surface area contributed by atoms with E-state index < -0.39 is 12.1 Å². The van der Waals surface area contributed by atoms with Crippen LogP contribution in [0.25, 0.3) is 17.2 Å². The highest BCUT2D eigenvalue weighted by molar-refractivity contribution is 6.32. The molecule has 0 spiro atoms. The number of aryl methyl sites for hydroxylation is 6. The van der Waals surface area contributed by atoms with Gasteiger partial charge in [0.05, 0.1) is 0 Å². The average molecular weight is 1920 g/mol. The molecule has 29 nitrogen and oxygen atoms in total. The molecule has 0 aliphatic carbocycles. The normalized spacial score (nSPS) is 11.2. The summed E-state index contributed by atoms with van der Waals surface area (Å²) in [6.07, 6.45) is 8.06. The molecule has 5 heterocycles. The maximum absolute atomic E-state index is 12.2. The first-order valence-electron chi connectivity index (χ1n) is 46.1. The summed E-state index contributed by atoms with van der Waals surface area (Å²) >= 11 is 6.07. The molecule has 30 heteroatoms. The molecule has 12 N–H and O–H groups in total. The fraction of sp³-hybridized carbons (Fsp3) is 0.243. The minimum atomic E-state index is -0.451. The number of aromatic nitrogens is 5. The van der Waals surface area contributed by atoms with Gasteiger partial charge < -0.3 is 59.8 Å². The first kappa shape index (κ1) is 105. The Morgan fingerprint density at radius 1 is 0.270 bits per heavy atom. The molecule has 0 atom stereocenters. The van der Waals surface area contributed by atoms with Crippen LogP contribution in [-0.4, -0.2) is 67.8 Å². The number of urea groups is 5. The number of hydrogen-bond acceptors (Lipinski definition) is 17. The average Bonchev–Trinajstić information content (AvgIpc) is 1.67. The number of halogens is 1. The van der Waals surface area contributed by atoms with Crippen LogP contribution in [0.5, 0.6) is 0 Å². The quantitative estimate of drug-likeness (QED) is 0.0250. The lowest BCUT2D eigenvalue weighted by molar-refractivity contribution is -0.116. The molecular weight excluding hydrogens is 1800 g/mol. The van der Waals surface area contributed by atoms with Crippen molar-refractivity contribution < 1.29 is 56.2 Å². The summed E-state index contributed by atoms with van der Waals surface area (Å²) < 4.78 is 26.3. The minimum absolute atomic E-state index is 0.0574. The highest BCUT2D eigenvalue weighted by Crippen LogP contribution is 2.32. The van der Waals surface area contributed by atoms with Gasteiger partial charge in [0.25, 0.3) is 0 Å². The van der Waals surface area contributed by atoms with Gasteiger partial charge in [0, 0.05) is 115 Å². The van der Waals surface area contributed by atoms with Gasteiger partial charge in [-0.15, -0.1) is 0 Å². The molecule has 0 unspecified atom stereocenters. The van der Waals surface area contributed by atoms with E-state index in [9.17, 15) is 33.6 Å². The molecule has 141 heavy (non-hydrogen) atoms. The van der Waals surface area contributed by atoms with Crippen LogP contribution in [0.4, 0.5) is 92.9 Å². The standard InChI is InChI=1S/C23H23ClN4O3.C23H26N4O3.C23H27N3O2.C22H25N3O2.C20H21N3O2/c1-23(2,3)19-14-20(28-31-19)27-22(30)26-17-11-9-16(10-12-17)25-21(29)13-8-15-6-4-5-7-18(15)24;1-23(2,3)19-15-20(27-30-19)26-22(29)25-18-12-10-17(11-13-18)24-21(28)14-9-16-7-5-4-6-8-16;1-16-5-7-17(8-6-16)9-10-18-11-13-19(14-12-18)24-22(27)25-21-15-20(28-26-21)23(2,3)4;1-22(2,3)19-15-20(25-27-19)24-21(26)23-18-13-11-17(12-14-18)10-9-16-7-5-4-6-8-16;1-20(2,3)17-13-18(23-25-17)22-19(24)21-16-11-9-15(10-12-16)14-7-5-4-6-8-14/h4-14H,1-3H3,(H,25,29)(H2,26,27,28,30);4-8,10-13,15H,9,14H2,1-3H3,(H,24,28)(H2,25,26,27,29);5-8,11-15H,9-10H2,1-4H3,(H2,24,25,26,27);4-8,11-15H,9-10H2,1-3H3,(H2,23,24,25,26);4-13H,1-3H3,(H2,21,22,23,24)/b13-8+;;;;. The van der Waals surface area contributed by atoms with E-state index in [0.717, 1.165) is 76.6 Å². The number of hydrogen-bond donors (Lipinski definition) is 12. The van der Waals surface area contributed by atoms with E-state index >= 15 is 0 Å². The Morgan fingerprint density at radius 3 is 0.809 bits per heavy atom. The zero-order valence-corrected chi connectivity index (χ0v) is 82.9. The molecule has 15 rings (SSSR count). The lowest BCUT2D eigenvalue weighted by Gasteiger charge is -2.12. The Kier molecular flexibility index (Phi) is 36.9. The van der Waals surface area contributed by atoms with Gasteiger partial charge in [0.1, 0.15) is 28.8 Å². The van der Waals surface area contributed by atoms with Crippen LogP contribution in [0, 0.1) is 6.92 Å². The second kappa shape index (κ2) is 49.5. The maximum atomic E-state index is 12.2. The molecule has 15 aromatic rings. The van der Waals surface area contributed by atoms with Crippen molar-refractivity contribution in [2.24, 2.45) is 0 Å². The number of carbonyl (C=O) groups is 7. The summed E-state index contributed by atoms with van der Waals surface area (Å²) in [5.74, 6) is 5.04. The van der Waals surface area contributed by atoms with Gasteiger partial charge in [-0.2, -0.15) is 0 Å². The van der Waals surface area contributed by atoms with E-state index in [-0.39, 0.29) is 57.0 Å². The highest BCUT2D eigenvalue weighted by Gasteiger charge is 2.26. The van der Waals surface area contributed by atoms with Gasteiger partial charge in [-0.05, 0) is 181 Å². The monoisotopic (exact) mass is 1920 g/mol. The molecule has 10 aromatic carbocycles. The molecule has 730 valence electrons. The molecule has 0 saturated heterocycles. The molecule has 0 fully saturated rings. The zero-order chi connectivity index (χ0) is 101. The van der Waals surface area contributed by atoms with Gasteiger partial charge in [0.2, 0.25) is 11.8 Å². The second-order valence-electron chi connectivity index (χ2n) is 38.4. The number of anilines is 12. The first-order chi connectivity index (χ1) is 67.1. The zero-order valence-electron chi connectivity index (χ0n) is 82.1. The van der Waals surface area contributed by atoms with Crippen LogP contribution >= 0.6 is 11.6 Å². The van der Waals surface area contributed by atoms with Gasteiger partial charge in [-0.1, -0.05) is 317 Å². The lowest BCUT2D eigenvalue weighted by atomic mass is 9.93. The Hall–Kier alpha value is -16.4. The number of rotatable bonds is 24. The predicted octanol–water partition coefficient (Wildman–Crippen LogP) is 27.5. The number of amides is 12.